The summed E-state index contributed by atoms with van der Waals surface area (Å²) < 4.78 is 0. The van der Waals surface area contributed by atoms with Crippen molar-refractivity contribution >= 4 is 11.6 Å². The van der Waals surface area contributed by atoms with Gasteiger partial charge in [-0.25, -0.2) is 0 Å². The first-order valence-corrected chi connectivity index (χ1v) is 6.04. The summed E-state index contributed by atoms with van der Waals surface area (Å²) >= 11 is 6.11. The summed E-state index contributed by atoms with van der Waals surface area (Å²) in [5.74, 6) is 1.72. The van der Waals surface area contributed by atoms with Crippen LogP contribution < -0.4 is 0 Å². The smallest absolute Gasteiger partial charge is 0.0144 e. The zero-order valence-electron chi connectivity index (χ0n) is 9.15. The van der Waals surface area contributed by atoms with Crippen LogP contribution in [0.5, 0.6) is 0 Å². The van der Waals surface area contributed by atoms with Crippen LogP contribution in [0.4, 0.5) is 0 Å². The van der Waals surface area contributed by atoms with Crippen molar-refractivity contribution in [1.29, 1.82) is 0 Å². The summed E-state index contributed by atoms with van der Waals surface area (Å²) in [6, 6.07) is 0. The predicted octanol–water partition coefficient (Wildman–Crippen LogP) is 4.66. The molecule has 2 unspecified atom stereocenters. The molecule has 1 heteroatoms. The van der Waals surface area contributed by atoms with Gasteiger partial charge in [-0.3, -0.25) is 0 Å². The molecule has 0 heterocycles. The highest BCUT2D eigenvalue weighted by atomic mass is 35.5. The Morgan fingerprint density at radius 1 is 1.14 bits per heavy atom. The molecule has 0 spiro atoms. The molecule has 0 bridgehead atoms. The third kappa shape index (κ3) is 2.06. The Labute approximate surface area is 92.0 Å². The molecule has 0 aromatic rings. The molecule has 78 valence electrons. The van der Waals surface area contributed by atoms with Crippen molar-refractivity contribution in [3.8, 4) is 0 Å². The van der Waals surface area contributed by atoms with Crippen LogP contribution in [0.2, 0.25) is 0 Å². The molecule has 0 aromatic heterocycles. The fraction of sp³-hybridized carbons (Fsp3) is 0.692. The molecule has 0 amide bonds. The third-order valence-corrected chi connectivity index (χ3v) is 4.26. The highest BCUT2D eigenvalue weighted by Gasteiger charge is 2.27. The van der Waals surface area contributed by atoms with E-state index >= 15 is 0 Å². The maximum absolute atomic E-state index is 6.11. The maximum atomic E-state index is 6.11. The zero-order valence-corrected chi connectivity index (χ0v) is 9.90. The quantitative estimate of drug-likeness (QED) is 0.511. The van der Waals surface area contributed by atoms with Crippen LogP contribution in [0.25, 0.3) is 0 Å². The minimum absolute atomic E-state index is 0.847. The molecule has 2 atom stereocenters. The van der Waals surface area contributed by atoms with Gasteiger partial charge in [0, 0.05) is 5.03 Å². The van der Waals surface area contributed by atoms with Gasteiger partial charge in [-0.2, -0.15) is 0 Å². The van der Waals surface area contributed by atoms with Gasteiger partial charge in [0.25, 0.3) is 0 Å². The summed E-state index contributed by atoms with van der Waals surface area (Å²) in [5.41, 5.74) is 3.25. The molecule has 0 radical (unpaired) electrons. The van der Waals surface area contributed by atoms with E-state index in [1.807, 2.05) is 0 Å². The van der Waals surface area contributed by atoms with Gasteiger partial charge >= 0.3 is 0 Å². The maximum Gasteiger partial charge on any atom is 0.0144 e. The molecule has 0 nitrogen and oxygen atoms in total. The molecule has 0 aromatic carbocycles. The van der Waals surface area contributed by atoms with Crippen molar-refractivity contribution < 1.29 is 0 Å². The van der Waals surface area contributed by atoms with Crippen molar-refractivity contribution in [2.45, 2.75) is 46.0 Å². The second kappa shape index (κ2) is 4.10. The van der Waals surface area contributed by atoms with Crippen molar-refractivity contribution in [2.75, 3.05) is 0 Å². The first-order valence-electron chi connectivity index (χ1n) is 5.66. The van der Waals surface area contributed by atoms with Crippen LogP contribution in [0.15, 0.2) is 22.3 Å². The average molecular weight is 211 g/mol. The van der Waals surface area contributed by atoms with E-state index < -0.39 is 0 Å². The number of hydrogen-bond donors (Lipinski definition) is 0. The average Bonchev–Trinajstić information content (AvgIpc) is 2.29. The molecule has 0 N–H and O–H groups in total. The summed E-state index contributed by atoms with van der Waals surface area (Å²) in [7, 11) is 0. The van der Waals surface area contributed by atoms with E-state index in [1.165, 1.54) is 25.7 Å². The van der Waals surface area contributed by atoms with E-state index in [2.05, 4.69) is 19.9 Å². The fourth-order valence-electron chi connectivity index (χ4n) is 2.74. The number of halogens is 1. The molecule has 2 aliphatic carbocycles. The van der Waals surface area contributed by atoms with E-state index in [9.17, 15) is 0 Å². The molecule has 0 saturated heterocycles. The van der Waals surface area contributed by atoms with Gasteiger partial charge in [-0.15, -0.1) is 0 Å². The monoisotopic (exact) mass is 210 g/mol. The van der Waals surface area contributed by atoms with E-state index in [0.717, 1.165) is 23.3 Å². The Morgan fingerprint density at radius 3 is 2.71 bits per heavy atom. The zero-order chi connectivity index (χ0) is 10.1. The minimum atomic E-state index is 0.847. The van der Waals surface area contributed by atoms with Crippen LogP contribution >= 0.6 is 11.6 Å². The summed E-state index contributed by atoms with van der Waals surface area (Å²) in [6.45, 7) is 4.60. The molecule has 2 rings (SSSR count). The fourth-order valence-corrected chi connectivity index (χ4v) is 3.03. The van der Waals surface area contributed by atoms with Crippen LogP contribution in [-0.2, 0) is 0 Å². The molecule has 14 heavy (non-hydrogen) atoms. The lowest BCUT2D eigenvalue weighted by Crippen LogP contribution is -2.17. The van der Waals surface area contributed by atoms with Crippen LogP contribution in [0.3, 0.4) is 0 Å². The highest BCUT2D eigenvalue weighted by Crippen LogP contribution is 2.41. The number of allylic oxidation sites excluding steroid dienone is 4. The van der Waals surface area contributed by atoms with Crippen molar-refractivity contribution in [3.05, 3.63) is 22.3 Å². The Bertz CT molecular complexity index is 286. The Hall–Kier alpha value is -0.230. The van der Waals surface area contributed by atoms with Gasteiger partial charge in [0.2, 0.25) is 0 Å². The lowest BCUT2D eigenvalue weighted by molar-refractivity contribution is 0.308. The Morgan fingerprint density at radius 2 is 1.93 bits per heavy atom. The standard InChI is InChI=1S/C13H19Cl/c1-9-3-4-12-8-13(14)6-5-11(12)7-10(9)2/h6,11-12H,3-5,7-8H2,1-2H3. The molecule has 0 saturated carbocycles. The third-order valence-electron chi connectivity index (χ3n) is 3.95. The van der Waals surface area contributed by atoms with Crippen molar-refractivity contribution in [2.24, 2.45) is 11.8 Å². The number of hydrogen-bond acceptors (Lipinski definition) is 0. The lowest BCUT2D eigenvalue weighted by atomic mass is 9.79. The predicted molar refractivity (Wildman–Crippen MR) is 62.4 cm³/mol. The van der Waals surface area contributed by atoms with Gasteiger partial charge in [0.1, 0.15) is 0 Å². The normalized spacial score (nSPS) is 33.5. The van der Waals surface area contributed by atoms with Crippen LogP contribution in [0.1, 0.15) is 46.0 Å². The molecule has 0 fully saturated rings. The Kier molecular flexibility index (Phi) is 3.02. The number of rotatable bonds is 0. The highest BCUT2D eigenvalue weighted by molar-refractivity contribution is 6.29. The second-order valence-electron chi connectivity index (χ2n) is 4.91. The largest absolute Gasteiger partial charge is 0.0895 e. The topological polar surface area (TPSA) is 0 Å². The minimum Gasteiger partial charge on any atom is -0.0895 e. The van der Waals surface area contributed by atoms with Gasteiger partial charge in [-0.05, 0) is 57.8 Å². The van der Waals surface area contributed by atoms with E-state index in [4.69, 9.17) is 11.6 Å². The molecular weight excluding hydrogens is 192 g/mol. The van der Waals surface area contributed by atoms with E-state index in [1.54, 1.807) is 11.1 Å². The van der Waals surface area contributed by atoms with Gasteiger partial charge in [-0.1, -0.05) is 28.8 Å². The second-order valence-corrected chi connectivity index (χ2v) is 5.40. The number of fused-ring (bicyclic) bond motifs is 1. The molecule has 2 aliphatic rings. The van der Waals surface area contributed by atoms with Gasteiger partial charge < -0.3 is 0 Å². The van der Waals surface area contributed by atoms with Crippen molar-refractivity contribution in [3.63, 3.8) is 0 Å². The van der Waals surface area contributed by atoms with Gasteiger partial charge in [0.05, 0.1) is 0 Å². The summed E-state index contributed by atoms with van der Waals surface area (Å²) in [4.78, 5) is 0. The molecule has 0 aliphatic heterocycles. The van der Waals surface area contributed by atoms with Gasteiger partial charge in [0.15, 0.2) is 0 Å². The van der Waals surface area contributed by atoms with Crippen molar-refractivity contribution in [1.82, 2.24) is 0 Å². The van der Waals surface area contributed by atoms with E-state index in [0.29, 0.717) is 0 Å². The first kappa shape index (κ1) is 10.3. The summed E-state index contributed by atoms with van der Waals surface area (Å²) in [5, 5.41) is 1.10. The van der Waals surface area contributed by atoms with E-state index in [-0.39, 0.29) is 0 Å². The van der Waals surface area contributed by atoms with Crippen LogP contribution in [-0.4, -0.2) is 0 Å². The SMILES string of the molecule is CC1=C(C)CC2CC=C(Cl)CC2CC1. The summed E-state index contributed by atoms with van der Waals surface area (Å²) in [6.07, 6.45) is 8.50. The molecular formula is C13H19Cl. The Balaban J connectivity index is 2.13. The first-order chi connectivity index (χ1) is 6.66. The van der Waals surface area contributed by atoms with Crippen LogP contribution in [0, 0.1) is 11.8 Å². The lowest BCUT2D eigenvalue weighted by Gasteiger charge is -2.28.